The highest BCUT2D eigenvalue weighted by Crippen LogP contribution is 2.17. The lowest BCUT2D eigenvalue weighted by Crippen LogP contribution is -2.41. The number of aromatic nitrogens is 4. The molecule has 1 aliphatic rings. The van der Waals surface area contributed by atoms with Crippen molar-refractivity contribution in [3.05, 3.63) is 42.2 Å². The van der Waals surface area contributed by atoms with Crippen LogP contribution in [0.1, 0.15) is 18.0 Å². The minimum absolute atomic E-state index is 0.0483. The molecular weight excluding hydrogens is 336 g/mol. The Kier molecular flexibility index (Phi) is 5.77. The van der Waals surface area contributed by atoms with Crippen LogP contribution in [0.3, 0.4) is 0 Å². The highest BCUT2D eigenvalue weighted by molar-refractivity contribution is 5.81. The van der Waals surface area contributed by atoms with Crippen LogP contribution in [0, 0.1) is 0 Å². The molecule has 9 heteroatoms. The van der Waals surface area contributed by atoms with E-state index in [2.05, 4.69) is 15.5 Å². The standard InChI is InChI=1S/C17H22N6O3/c1-26-17(25)22-9-5-8-21(10-11-22)16(24)15(23-13-18-19-20-23)12-14-6-3-2-4-7-14/h2-4,6-7,13,15H,5,8-12H2,1H3. The van der Waals surface area contributed by atoms with Gasteiger partial charge < -0.3 is 14.5 Å². The van der Waals surface area contributed by atoms with E-state index >= 15 is 0 Å². The molecule has 1 aliphatic heterocycles. The van der Waals surface area contributed by atoms with Crippen LogP contribution in [-0.2, 0) is 16.0 Å². The number of methoxy groups -OCH3 is 1. The number of tetrazole rings is 1. The van der Waals surface area contributed by atoms with E-state index in [1.54, 1.807) is 9.80 Å². The van der Waals surface area contributed by atoms with Crippen molar-refractivity contribution in [1.82, 2.24) is 30.0 Å². The van der Waals surface area contributed by atoms with E-state index in [0.717, 1.165) is 5.56 Å². The molecule has 0 aliphatic carbocycles. The van der Waals surface area contributed by atoms with Crippen molar-refractivity contribution in [3.63, 3.8) is 0 Å². The summed E-state index contributed by atoms with van der Waals surface area (Å²) in [6.45, 7) is 2.07. The number of benzene rings is 1. The number of hydrogen-bond donors (Lipinski definition) is 0. The van der Waals surface area contributed by atoms with E-state index in [-0.39, 0.29) is 12.0 Å². The first-order chi connectivity index (χ1) is 12.7. The second kappa shape index (κ2) is 8.41. The van der Waals surface area contributed by atoms with Crippen molar-refractivity contribution in [2.45, 2.75) is 18.9 Å². The zero-order valence-electron chi connectivity index (χ0n) is 14.7. The van der Waals surface area contributed by atoms with Gasteiger partial charge >= 0.3 is 6.09 Å². The molecule has 1 saturated heterocycles. The largest absolute Gasteiger partial charge is 0.453 e. The van der Waals surface area contributed by atoms with E-state index in [1.165, 1.54) is 18.1 Å². The molecule has 0 saturated carbocycles. The molecule has 1 fully saturated rings. The summed E-state index contributed by atoms with van der Waals surface area (Å²) in [4.78, 5) is 28.3. The van der Waals surface area contributed by atoms with Gasteiger partial charge in [0, 0.05) is 32.6 Å². The van der Waals surface area contributed by atoms with Crippen LogP contribution in [0.15, 0.2) is 36.7 Å². The molecule has 3 rings (SSSR count). The van der Waals surface area contributed by atoms with Gasteiger partial charge in [-0.1, -0.05) is 30.3 Å². The maximum absolute atomic E-state index is 13.2. The lowest BCUT2D eigenvalue weighted by atomic mass is 10.0. The molecule has 9 nitrogen and oxygen atoms in total. The fourth-order valence-electron chi connectivity index (χ4n) is 3.10. The SMILES string of the molecule is COC(=O)N1CCCN(C(=O)C(Cc2ccccc2)n2cnnn2)CC1. The summed E-state index contributed by atoms with van der Waals surface area (Å²) in [6, 6.07) is 9.26. The molecule has 0 radical (unpaired) electrons. The van der Waals surface area contributed by atoms with Gasteiger partial charge in [-0.3, -0.25) is 4.79 Å². The van der Waals surface area contributed by atoms with Gasteiger partial charge in [0.05, 0.1) is 7.11 Å². The van der Waals surface area contributed by atoms with Gasteiger partial charge in [-0.2, -0.15) is 0 Å². The fourth-order valence-corrected chi connectivity index (χ4v) is 3.10. The smallest absolute Gasteiger partial charge is 0.409 e. The first-order valence-corrected chi connectivity index (χ1v) is 8.57. The molecule has 1 atom stereocenters. The third-order valence-corrected chi connectivity index (χ3v) is 4.48. The summed E-state index contributed by atoms with van der Waals surface area (Å²) < 4.78 is 6.28. The quantitative estimate of drug-likeness (QED) is 0.801. The normalized spacial score (nSPS) is 16.0. The van der Waals surface area contributed by atoms with Crippen LogP contribution >= 0.6 is 0 Å². The molecule has 1 aromatic carbocycles. The molecule has 26 heavy (non-hydrogen) atoms. The molecule has 0 spiro atoms. The molecule has 0 N–H and O–H groups in total. The van der Waals surface area contributed by atoms with Gasteiger partial charge in [0.2, 0.25) is 5.91 Å². The van der Waals surface area contributed by atoms with E-state index in [9.17, 15) is 9.59 Å². The van der Waals surface area contributed by atoms with E-state index < -0.39 is 6.04 Å². The van der Waals surface area contributed by atoms with Crippen molar-refractivity contribution < 1.29 is 14.3 Å². The fraction of sp³-hybridized carbons (Fsp3) is 0.471. The van der Waals surface area contributed by atoms with Crippen molar-refractivity contribution in [2.24, 2.45) is 0 Å². The Morgan fingerprint density at radius 1 is 1.12 bits per heavy atom. The van der Waals surface area contributed by atoms with Gasteiger partial charge in [0.1, 0.15) is 12.4 Å². The second-order valence-electron chi connectivity index (χ2n) is 6.13. The number of nitrogens with zero attached hydrogens (tertiary/aromatic N) is 6. The van der Waals surface area contributed by atoms with Crippen LogP contribution in [0.2, 0.25) is 0 Å². The van der Waals surface area contributed by atoms with E-state index in [0.29, 0.717) is 39.0 Å². The van der Waals surface area contributed by atoms with Crippen LogP contribution in [0.5, 0.6) is 0 Å². The first-order valence-electron chi connectivity index (χ1n) is 8.57. The minimum atomic E-state index is -0.517. The van der Waals surface area contributed by atoms with Crippen molar-refractivity contribution in [1.29, 1.82) is 0 Å². The van der Waals surface area contributed by atoms with Gasteiger partial charge in [0.15, 0.2) is 0 Å². The maximum atomic E-state index is 13.2. The summed E-state index contributed by atoms with van der Waals surface area (Å²) in [5.41, 5.74) is 1.03. The molecule has 1 aromatic heterocycles. The number of carbonyl (C=O) groups is 2. The summed E-state index contributed by atoms with van der Waals surface area (Å²) in [5, 5.41) is 11.3. The topological polar surface area (TPSA) is 93.5 Å². The number of rotatable bonds is 4. The molecule has 138 valence electrons. The van der Waals surface area contributed by atoms with Crippen LogP contribution < -0.4 is 0 Å². The molecule has 2 amide bonds. The Bertz CT molecular complexity index is 721. The highest BCUT2D eigenvalue weighted by atomic mass is 16.5. The summed E-state index contributed by atoms with van der Waals surface area (Å²) in [6.07, 6.45) is 2.31. The molecule has 2 aromatic rings. The van der Waals surface area contributed by atoms with Gasteiger partial charge in [-0.25, -0.2) is 9.48 Å². The Morgan fingerprint density at radius 2 is 1.85 bits per heavy atom. The number of ether oxygens (including phenoxy) is 1. The lowest BCUT2D eigenvalue weighted by molar-refractivity contribution is -0.135. The predicted molar refractivity (Wildman–Crippen MR) is 92.2 cm³/mol. The van der Waals surface area contributed by atoms with Crippen molar-refractivity contribution >= 4 is 12.0 Å². The zero-order valence-corrected chi connectivity index (χ0v) is 14.7. The van der Waals surface area contributed by atoms with E-state index in [1.807, 2.05) is 30.3 Å². The molecular formula is C17H22N6O3. The number of hydrogen-bond acceptors (Lipinski definition) is 6. The van der Waals surface area contributed by atoms with Crippen LogP contribution in [0.25, 0.3) is 0 Å². The van der Waals surface area contributed by atoms with Gasteiger partial charge in [-0.05, 0) is 22.4 Å². The molecule has 1 unspecified atom stereocenters. The monoisotopic (exact) mass is 358 g/mol. The zero-order chi connectivity index (χ0) is 18.4. The molecule has 0 bridgehead atoms. The van der Waals surface area contributed by atoms with Crippen LogP contribution in [-0.4, -0.2) is 75.3 Å². The Morgan fingerprint density at radius 3 is 2.54 bits per heavy atom. The van der Waals surface area contributed by atoms with Gasteiger partial charge in [-0.15, -0.1) is 5.10 Å². The predicted octanol–water partition coefficient (Wildman–Crippen LogP) is 0.758. The Hall–Kier alpha value is -2.97. The maximum Gasteiger partial charge on any atom is 0.409 e. The van der Waals surface area contributed by atoms with Crippen molar-refractivity contribution in [2.75, 3.05) is 33.3 Å². The lowest BCUT2D eigenvalue weighted by Gasteiger charge is -2.26. The average Bonchev–Trinajstić information content (AvgIpc) is 3.09. The Labute approximate surface area is 151 Å². The summed E-state index contributed by atoms with van der Waals surface area (Å²) >= 11 is 0. The summed E-state index contributed by atoms with van der Waals surface area (Å²) in [7, 11) is 1.36. The first kappa shape index (κ1) is 17.8. The number of carbonyl (C=O) groups excluding carboxylic acids is 2. The van der Waals surface area contributed by atoms with Gasteiger partial charge in [0.25, 0.3) is 0 Å². The summed E-state index contributed by atoms with van der Waals surface area (Å²) in [5.74, 6) is -0.0483. The second-order valence-corrected chi connectivity index (χ2v) is 6.13. The van der Waals surface area contributed by atoms with Crippen molar-refractivity contribution in [3.8, 4) is 0 Å². The average molecular weight is 358 g/mol. The highest BCUT2D eigenvalue weighted by Gasteiger charge is 2.29. The Balaban J connectivity index is 1.74. The third kappa shape index (κ3) is 4.16. The molecule has 2 heterocycles. The number of amides is 2. The van der Waals surface area contributed by atoms with E-state index in [4.69, 9.17) is 4.74 Å². The van der Waals surface area contributed by atoms with Crippen LogP contribution in [0.4, 0.5) is 4.79 Å². The minimum Gasteiger partial charge on any atom is -0.453 e. The third-order valence-electron chi connectivity index (χ3n) is 4.48.